The van der Waals surface area contributed by atoms with Crippen LogP contribution in [0.2, 0.25) is 5.02 Å². The van der Waals surface area contributed by atoms with Crippen LogP contribution < -0.4 is 11.1 Å². The Bertz CT molecular complexity index is 419. The second kappa shape index (κ2) is 5.65. The average Bonchev–Trinajstić information content (AvgIpc) is 2.80. The summed E-state index contributed by atoms with van der Waals surface area (Å²) in [4.78, 5) is 11.1. The zero-order chi connectivity index (χ0) is 12.3. The van der Waals surface area contributed by atoms with Crippen LogP contribution in [0.5, 0.6) is 0 Å². The molecule has 0 aromatic heterocycles. The fourth-order valence-corrected chi connectivity index (χ4v) is 3.33. The molecule has 1 aromatic carbocycles. The van der Waals surface area contributed by atoms with E-state index in [1.165, 1.54) is 17.9 Å². The molecule has 3 nitrogen and oxygen atoms in total. The first-order valence-corrected chi connectivity index (χ1v) is 7.11. The van der Waals surface area contributed by atoms with Crippen LogP contribution in [0.25, 0.3) is 0 Å². The number of halogens is 1. The van der Waals surface area contributed by atoms with Crippen LogP contribution in [0.15, 0.2) is 18.2 Å². The van der Waals surface area contributed by atoms with Gasteiger partial charge in [0.2, 0.25) is 5.91 Å². The molecule has 1 fully saturated rings. The summed E-state index contributed by atoms with van der Waals surface area (Å²) in [5, 5.41) is 3.73. The van der Waals surface area contributed by atoms with Gasteiger partial charge in [-0.2, -0.15) is 11.8 Å². The van der Waals surface area contributed by atoms with Crippen molar-refractivity contribution >= 4 is 35.0 Å². The van der Waals surface area contributed by atoms with Gasteiger partial charge in [0.15, 0.2) is 0 Å². The molecule has 3 N–H and O–H groups in total. The van der Waals surface area contributed by atoms with Gasteiger partial charge >= 0.3 is 0 Å². The quantitative estimate of drug-likeness (QED) is 0.884. The zero-order valence-electron chi connectivity index (χ0n) is 9.41. The second-order valence-electron chi connectivity index (χ2n) is 4.17. The lowest BCUT2D eigenvalue weighted by Gasteiger charge is -2.12. The van der Waals surface area contributed by atoms with Crippen molar-refractivity contribution in [3.05, 3.63) is 28.8 Å². The molecule has 1 amide bonds. The highest BCUT2D eigenvalue weighted by Gasteiger charge is 2.15. The number of hydrogen-bond donors (Lipinski definition) is 2. The lowest BCUT2D eigenvalue weighted by molar-refractivity contribution is 0.100. The summed E-state index contributed by atoms with van der Waals surface area (Å²) < 4.78 is 0. The molecular weight excluding hydrogens is 256 g/mol. The number of benzene rings is 1. The van der Waals surface area contributed by atoms with Crippen LogP contribution in [0.4, 0.5) is 5.69 Å². The lowest BCUT2D eigenvalue weighted by atomic mass is 10.1. The summed E-state index contributed by atoms with van der Waals surface area (Å²) in [5.74, 6) is 2.69. The minimum Gasteiger partial charge on any atom is -0.385 e. The van der Waals surface area contributed by atoms with Gasteiger partial charge in [-0.05, 0) is 42.0 Å². The van der Waals surface area contributed by atoms with Crippen LogP contribution in [0.1, 0.15) is 16.8 Å². The topological polar surface area (TPSA) is 55.1 Å². The number of thioether (sulfide) groups is 1. The highest BCUT2D eigenvalue weighted by Crippen LogP contribution is 2.25. The third kappa shape index (κ3) is 3.30. The molecule has 0 bridgehead atoms. The molecule has 5 heteroatoms. The SMILES string of the molecule is NC(=O)c1cc(NCC2CCSC2)ccc1Cl. The molecule has 1 aliphatic heterocycles. The van der Waals surface area contributed by atoms with E-state index in [0.717, 1.165) is 12.2 Å². The van der Waals surface area contributed by atoms with Crippen LogP contribution in [0, 0.1) is 5.92 Å². The molecule has 92 valence electrons. The Morgan fingerprint density at radius 1 is 1.59 bits per heavy atom. The predicted molar refractivity (Wildman–Crippen MR) is 73.9 cm³/mol. The molecule has 17 heavy (non-hydrogen) atoms. The summed E-state index contributed by atoms with van der Waals surface area (Å²) in [6, 6.07) is 5.29. The van der Waals surface area contributed by atoms with Crippen molar-refractivity contribution in [2.24, 2.45) is 11.7 Å². The predicted octanol–water partition coefficient (Wildman–Crippen LogP) is 2.60. The normalized spacial score (nSPS) is 19.2. The van der Waals surface area contributed by atoms with E-state index in [1.807, 2.05) is 17.8 Å². The molecule has 1 aromatic rings. The van der Waals surface area contributed by atoms with Gasteiger partial charge < -0.3 is 11.1 Å². The van der Waals surface area contributed by atoms with Crippen molar-refractivity contribution in [3.8, 4) is 0 Å². The van der Waals surface area contributed by atoms with Crippen LogP contribution in [-0.4, -0.2) is 24.0 Å². The monoisotopic (exact) mass is 270 g/mol. The molecular formula is C12H15ClN2OS. The summed E-state index contributed by atoms with van der Waals surface area (Å²) in [5.41, 5.74) is 6.52. The van der Waals surface area contributed by atoms with E-state index in [1.54, 1.807) is 12.1 Å². The molecule has 0 radical (unpaired) electrons. The smallest absolute Gasteiger partial charge is 0.250 e. The fraction of sp³-hybridized carbons (Fsp3) is 0.417. The maximum absolute atomic E-state index is 11.1. The van der Waals surface area contributed by atoms with Gasteiger partial charge in [0, 0.05) is 12.2 Å². The third-order valence-electron chi connectivity index (χ3n) is 2.85. The number of nitrogens with one attached hydrogen (secondary N) is 1. The van der Waals surface area contributed by atoms with E-state index >= 15 is 0 Å². The first-order chi connectivity index (χ1) is 8.16. The minimum absolute atomic E-state index is 0.373. The van der Waals surface area contributed by atoms with Crippen molar-refractivity contribution in [2.75, 3.05) is 23.4 Å². The highest BCUT2D eigenvalue weighted by atomic mass is 35.5. The van der Waals surface area contributed by atoms with Crippen molar-refractivity contribution in [1.29, 1.82) is 0 Å². The van der Waals surface area contributed by atoms with Gasteiger partial charge in [-0.25, -0.2) is 0 Å². The van der Waals surface area contributed by atoms with E-state index in [2.05, 4.69) is 5.32 Å². The summed E-state index contributed by atoms with van der Waals surface area (Å²) in [7, 11) is 0. The Morgan fingerprint density at radius 3 is 3.06 bits per heavy atom. The number of rotatable bonds is 4. The van der Waals surface area contributed by atoms with E-state index in [0.29, 0.717) is 16.5 Å². The van der Waals surface area contributed by atoms with Gasteiger partial charge in [0.05, 0.1) is 10.6 Å². The number of primary amides is 1. The van der Waals surface area contributed by atoms with E-state index in [-0.39, 0.29) is 0 Å². The van der Waals surface area contributed by atoms with Gasteiger partial charge in [-0.3, -0.25) is 4.79 Å². The first-order valence-electron chi connectivity index (χ1n) is 5.58. The Hall–Kier alpha value is -0.870. The molecule has 1 unspecified atom stereocenters. The number of anilines is 1. The Balaban J connectivity index is 2.00. The van der Waals surface area contributed by atoms with Gasteiger partial charge in [0.1, 0.15) is 0 Å². The molecule has 1 atom stereocenters. The van der Waals surface area contributed by atoms with Crippen LogP contribution >= 0.6 is 23.4 Å². The number of carbonyl (C=O) groups is 1. The highest BCUT2D eigenvalue weighted by molar-refractivity contribution is 7.99. The maximum Gasteiger partial charge on any atom is 0.250 e. The lowest BCUT2D eigenvalue weighted by Crippen LogP contribution is -2.15. The molecule has 0 aliphatic carbocycles. The van der Waals surface area contributed by atoms with E-state index < -0.39 is 5.91 Å². The second-order valence-corrected chi connectivity index (χ2v) is 5.73. The number of hydrogen-bond acceptors (Lipinski definition) is 3. The molecule has 1 aliphatic rings. The van der Waals surface area contributed by atoms with Crippen molar-refractivity contribution in [3.63, 3.8) is 0 Å². The average molecular weight is 271 g/mol. The minimum atomic E-state index is -0.491. The van der Waals surface area contributed by atoms with E-state index in [4.69, 9.17) is 17.3 Å². The Kier molecular flexibility index (Phi) is 4.18. The number of carbonyl (C=O) groups excluding carboxylic acids is 1. The Morgan fingerprint density at radius 2 is 2.41 bits per heavy atom. The first kappa shape index (κ1) is 12.6. The maximum atomic E-state index is 11.1. The summed E-state index contributed by atoms with van der Waals surface area (Å²) in [6.07, 6.45) is 1.26. The number of amides is 1. The molecule has 0 saturated carbocycles. The zero-order valence-corrected chi connectivity index (χ0v) is 11.0. The standard InChI is InChI=1S/C12H15ClN2OS/c13-11-2-1-9(5-10(11)12(14)16)15-6-8-3-4-17-7-8/h1-2,5,8,15H,3-4,6-7H2,(H2,14,16). The molecule has 0 spiro atoms. The van der Waals surface area contributed by atoms with Crippen LogP contribution in [0.3, 0.4) is 0 Å². The largest absolute Gasteiger partial charge is 0.385 e. The van der Waals surface area contributed by atoms with Gasteiger partial charge in [-0.1, -0.05) is 11.6 Å². The summed E-state index contributed by atoms with van der Waals surface area (Å²) >= 11 is 7.88. The van der Waals surface area contributed by atoms with Crippen molar-refractivity contribution < 1.29 is 4.79 Å². The van der Waals surface area contributed by atoms with Gasteiger partial charge in [-0.15, -0.1) is 0 Å². The summed E-state index contributed by atoms with van der Waals surface area (Å²) in [6.45, 7) is 0.937. The van der Waals surface area contributed by atoms with Crippen molar-refractivity contribution in [1.82, 2.24) is 0 Å². The molecule has 1 heterocycles. The van der Waals surface area contributed by atoms with Crippen LogP contribution in [-0.2, 0) is 0 Å². The van der Waals surface area contributed by atoms with E-state index in [9.17, 15) is 4.79 Å². The third-order valence-corrected chi connectivity index (χ3v) is 4.41. The molecule has 1 saturated heterocycles. The van der Waals surface area contributed by atoms with Gasteiger partial charge in [0.25, 0.3) is 0 Å². The fourth-order valence-electron chi connectivity index (χ4n) is 1.83. The Labute approximate surface area is 110 Å². The number of nitrogens with two attached hydrogens (primary N) is 1. The molecule has 2 rings (SSSR count). The van der Waals surface area contributed by atoms with Crippen molar-refractivity contribution in [2.45, 2.75) is 6.42 Å².